The molecular weight excluding hydrogens is 1050 g/mol. The summed E-state index contributed by atoms with van der Waals surface area (Å²) in [6, 6.07) is 7.80. The van der Waals surface area contributed by atoms with Crippen LogP contribution in [0.3, 0.4) is 0 Å². The van der Waals surface area contributed by atoms with Crippen molar-refractivity contribution in [1.29, 1.82) is 0 Å². The lowest BCUT2D eigenvalue weighted by atomic mass is 9.85. The van der Waals surface area contributed by atoms with E-state index in [0.29, 0.717) is 49.2 Å². The van der Waals surface area contributed by atoms with E-state index in [2.05, 4.69) is 20.7 Å². The maximum atomic E-state index is 13.7. The minimum Gasteiger partial charge on any atom is -0.480 e. The lowest BCUT2D eigenvalue weighted by Crippen LogP contribution is -2.57. The molecule has 0 unspecified atom stereocenters. The van der Waals surface area contributed by atoms with Gasteiger partial charge in [-0.2, -0.15) is 0 Å². The van der Waals surface area contributed by atoms with Gasteiger partial charge >= 0.3 is 42.3 Å². The largest absolute Gasteiger partial charge is 0.480 e. The highest BCUT2D eigenvalue weighted by atomic mass is 35.5. The maximum absolute atomic E-state index is 13.7. The van der Waals surface area contributed by atoms with Crippen molar-refractivity contribution in [3.63, 3.8) is 0 Å². The number of ether oxygens (including phenoxy) is 6. The third kappa shape index (κ3) is 18.5. The highest BCUT2D eigenvalue weighted by Gasteiger charge is 2.47. The number of fused-ring (bicyclic) bond motifs is 2. The van der Waals surface area contributed by atoms with E-state index < -0.39 is 88.4 Å². The summed E-state index contributed by atoms with van der Waals surface area (Å²) >= 11 is 12.4. The number of carboxylic acid groups (broad SMARTS) is 1. The van der Waals surface area contributed by atoms with E-state index in [1.165, 1.54) is 24.0 Å². The molecule has 6 atom stereocenters. The first-order valence-corrected chi connectivity index (χ1v) is 25.2. The van der Waals surface area contributed by atoms with Crippen LogP contribution in [-0.2, 0) is 73.8 Å². The van der Waals surface area contributed by atoms with Gasteiger partial charge in [0.05, 0.1) is 33.9 Å². The van der Waals surface area contributed by atoms with Gasteiger partial charge in [0.2, 0.25) is 5.91 Å². The van der Waals surface area contributed by atoms with E-state index in [-0.39, 0.29) is 43.5 Å². The fourth-order valence-electron chi connectivity index (χ4n) is 8.37. The lowest BCUT2D eigenvalue weighted by molar-refractivity contribution is -0.152. The zero-order valence-electron chi connectivity index (χ0n) is 45.8. The van der Waals surface area contributed by atoms with Crippen molar-refractivity contribution in [2.45, 2.75) is 170 Å². The molecule has 0 radical (unpaired) electrons. The number of carbonyl (C=O) groups excluding carboxylic acids is 7. The summed E-state index contributed by atoms with van der Waals surface area (Å²) in [5.74, 6) is -2.53. The van der Waals surface area contributed by atoms with Gasteiger partial charge in [-0.25, -0.2) is 28.8 Å². The topological polar surface area (TPSA) is 258 Å². The fourth-order valence-corrected chi connectivity index (χ4v) is 8.88. The molecule has 0 aromatic heterocycles. The van der Waals surface area contributed by atoms with Gasteiger partial charge in [-0.05, 0) is 86.8 Å². The normalized spacial score (nSPS) is 19.6. The summed E-state index contributed by atoms with van der Waals surface area (Å²) in [5, 5.41) is 18.2. The van der Waals surface area contributed by atoms with Crippen molar-refractivity contribution in [2.24, 2.45) is 10.8 Å². The van der Waals surface area contributed by atoms with Crippen LogP contribution in [0.2, 0.25) is 10.0 Å². The number of carbonyl (C=O) groups is 8. The molecule has 0 spiro atoms. The Labute approximate surface area is 461 Å². The van der Waals surface area contributed by atoms with Crippen LogP contribution in [0.4, 0.5) is 19.2 Å². The number of methoxy groups -OCH3 is 2. The molecule has 5 amide bonds. The molecule has 24 heteroatoms. The number of rotatable bonds is 8. The first-order valence-electron chi connectivity index (χ1n) is 24.5. The summed E-state index contributed by atoms with van der Waals surface area (Å²) in [6.45, 7) is 23.0. The van der Waals surface area contributed by atoms with Gasteiger partial charge in [0.25, 0.3) is 0 Å². The molecule has 4 aliphatic rings. The van der Waals surface area contributed by atoms with E-state index in [1.54, 1.807) is 94.1 Å². The van der Waals surface area contributed by atoms with Crippen LogP contribution >= 0.6 is 35.6 Å². The van der Waals surface area contributed by atoms with Gasteiger partial charge in [-0.15, -0.1) is 12.4 Å². The summed E-state index contributed by atoms with van der Waals surface area (Å²) in [6.07, 6.45) is -2.95. The molecule has 2 fully saturated rings. The monoisotopic (exact) mass is 1130 g/mol. The number of benzene rings is 2. The van der Waals surface area contributed by atoms with Crippen molar-refractivity contribution in [3.05, 3.63) is 68.7 Å². The number of hydrogen-bond acceptors (Lipinski definition) is 15. The smallest absolute Gasteiger partial charge is 0.410 e. The SMILES string of the molecule is CC(C)(C)OC(=O)N[C@H](C(=O)O)C(C)(C)C.COC(=O)[C@@H]1C[C@@H](OC(=O)N2Cc3cccc(Cl)c3C2)CN1.COC(=O)[C@@H]1C[C@@H](OC(=O)N2Cc3cccc(Cl)c3C2)CN1C(=O)[C@@H](NC(=O)OC(C)(C)C)C(C)(C)C.Cl. The number of amides is 5. The predicted octanol–water partition coefficient (Wildman–Crippen LogP) is 8.00. The highest BCUT2D eigenvalue weighted by molar-refractivity contribution is 6.31. The van der Waals surface area contributed by atoms with Gasteiger partial charge in [0.1, 0.15) is 47.6 Å². The summed E-state index contributed by atoms with van der Waals surface area (Å²) in [7, 11) is 2.57. The maximum Gasteiger partial charge on any atom is 0.410 e. The number of carboxylic acids is 1. The van der Waals surface area contributed by atoms with Crippen LogP contribution in [-0.4, -0.2) is 143 Å². The number of hydrogen-bond donors (Lipinski definition) is 4. The molecule has 2 aromatic rings. The van der Waals surface area contributed by atoms with Crippen LogP contribution in [0.1, 0.15) is 118 Å². The third-order valence-electron chi connectivity index (χ3n) is 12.0. The molecule has 0 bridgehead atoms. The van der Waals surface area contributed by atoms with E-state index in [0.717, 1.165) is 22.3 Å². The zero-order valence-corrected chi connectivity index (χ0v) is 48.1. The van der Waals surface area contributed by atoms with Crippen molar-refractivity contribution in [2.75, 3.05) is 27.3 Å². The number of halogens is 3. The van der Waals surface area contributed by atoms with Crippen LogP contribution in [0.15, 0.2) is 36.4 Å². The van der Waals surface area contributed by atoms with Crippen molar-refractivity contribution < 1.29 is 71.9 Å². The molecule has 0 aliphatic carbocycles. The van der Waals surface area contributed by atoms with Crippen LogP contribution in [0, 0.1) is 10.8 Å². The summed E-state index contributed by atoms with van der Waals surface area (Å²) in [4.78, 5) is 102. The number of likely N-dealkylation sites (tertiary alicyclic amines) is 1. The van der Waals surface area contributed by atoms with E-state index in [1.807, 2.05) is 30.3 Å². The third-order valence-corrected chi connectivity index (χ3v) is 12.8. The Morgan fingerprint density at radius 2 is 1.07 bits per heavy atom. The van der Waals surface area contributed by atoms with Gasteiger partial charge < -0.3 is 54.4 Å². The number of aliphatic carboxylic acids is 1. The Hall–Kier alpha value is -5.77. The highest BCUT2D eigenvalue weighted by Crippen LogP contribution is 2.33. The second kappa shape index (κ2) is 26.5. The number of nitrogens with zero attached hydrogens (tertiary/aromatic N) is 3. The average molecular weight is 1130 g/mol. The second-order valence-electron chi connectivity index (χ2n) is 22.7. The van der Waals surface area contributed by atoms with Gasteiger partial charge in [0.15, 0.2) is 0 Å². The Morgan fingerprint density at radius 3 is 1.46 bits per heavy atom. The number of esters is 2. The lowest BCUT2D eigenvalue weighted by Gasteiger charge is -2.35. The van der Waals surface area contributed by atoms with Gasteiger partial charge in [0, 0.05) is 42.5 Å². The first-order chi connectivity index (χ1) is 34.6. The molecule has 4 aliphatic heterocycles. The molecule has 6 rings (SSSR count). The van der Waals surface area contributed by atoms with Crippen molar-refractivity contribution >= 4 is 83.8 Å². The van der Waals surface area contributed by atoms with Crippen molar-refractivity contribution in [3.8, 4) is 0 Å². The zero-order chi connectivity index (χ0) is 56.5. The molecule has 2 saturated heterocycles. The van der Waals surface area contributed by atoms with Crippen LogP contribution in [0.5, 0.6) is 0 Å². The van der Waals surface area contributed by atoms with Crippen LogP contribution < -0.4 is 16.0 Å². The molecule has 4 heterocycles. The minimum atomic E-state index is -1.07. The molecule has 4 N–H and O–H groups in total. The van der Waals surface area contributed by atoms with E-state index in [4.69, 9.17) is 52.0 Å². The molecule has 21 nitrogen and oxygen atoms in total. The van der Waals surface area contributed by atoms with E-state index in [9.17, 15) is 38.4 Å². The molecule has 424 valence electrons. The van der Waals surface area contributed by atoms with Crippen LogP contribution in [0.25, 0.3) is 0 Å². The first kappa shape index (κ1) is 64.5. The van der Waals surface area contributed by atoms with Gasteiger partial charge in [-0.3, -0.25) is 19.4 Å². The Kier molecular flexibility index (Phi) is 22.5. The summed E-state index contributed by atoms with van der Waals surface area (Å²) < 4.78 is 31.1. The predicted molar refractivity (Wildman–Crippen MR) is 283 cm³/mol. The molecule has 0 saturated carbocycles. The molecule has 2 aromatic carbocycles. The number of nitrogens with one attached hydrogen (secondary N) is 3. The minimum absolute atomic E-state index is 0. The Morgan fingerprint density at radius 1 is 0.632 bits per heavy atom. The Balaban J connectivity index is 0.000000330. The summed E-state index contributed by atoms with van der Waals surface area (Å²) in [5.41, 5.74) is 1.17. The second-order valence-corrected chi connectivity index (χ2v) is 23.5. The van der Waals surface area contributed by atoms with Gasteiger partial charge in [-0.1, -0.05) is 89.0 Å². The molecular formula is C52H75Cl3N6O15. The van der Waals surface area contributed by atoms with Crippen molar-refractivity contribution in [1.82, 2.24) is 30.7 Å². The fraction of sp³-hybridized carbons (Fsp3) is 0.615. The quantitative estimate of drug-likeness (QED) is 0.144. The standard InChI is InChI=1S/C26H36ClN3O7.C15H17ClN2O4.C11H21NO4.ClH/c1-25(2,3)20(28-23(33)37-26(4,5)6)21(31)30-13-16(11-19(30)22(32)35-7)36-24(34)29-12-15-9-8-10-18(27)17(15)14-29;1-21-14(19)13-5-10(6-17-13)22-15(20)18-7-9-3-2-4-12(16)11(9)8-18;1-10(2,3)7(8(13)14)12-9(15)16-11(4,5)6;/h8-10,16,19-20H,11-14H2,1-7H3,(H,28,33);2-4,10,13,17H,5-8H2,1H3;7H,1-6H3,(H,12,15)(H,13,14);1H/t16-,19+,20-;10-,13+;7-;/m111./s1. The van der Waals surface area contributed by atoms with E-state index >= 15 is 0 Å². The average Bonchev–Trinajstić information content (AvgIpc) is 4.12. The molecule has 76 heavy (non-hydrogen) atoms. The Bertz CT molecular complexity index is 2430. The number of alkyl carbamates (subject to hydrolysis) is 2.